The molecule has 21 heavy (non-hydrogen) atoms. The van der Waals surface area contributed by atoms with Crippen molar-refractivity contribution in [3.63, 3.8) is 0 Å². The van der Waals surface area contributed by atoms with E-state index in [-0.39, 0.29) is 12.6 Å². The van der Waals surface area contributed by atoms with Crippen LogP contribution in [0.1, 0.15) is 17.2 Å². The molecule has 0 saturated carbocycles. The Bertz CT molecular complexity index is 733. The smallest absolute Gasteiger partial charge is 0.102 e. The van der Waals surface area contributed by atoms with Gasteiger partial charge in [-0.1, -0.05) is 48.5 Å². The first-order chi connectivity index (χ1) is 10.2. The van der Waals surface area contributed by atoms with Gasteiger partial charge >= 0.3 is 0 Å². The molecule has 3 aromatic rings. The summed E-state index contributed by atoms with van der Waals surface area (Å²) in [5.74, 6) is 0. The van der Waals surface area contributed by atoms with Gasteiger partial charge < -0.3 is 14.8 Å². The number of hydrogen-bond donors (Lipinski definition) is 2. The minimum atomic E-state index is -0.845. The first-order valence-electron chi connectivity index (χ1n) is 7.12. The summed E-state index contributed by atoms with van der Waals surface area (Å²) in [5.41, 5.74) is 3.24. The summed E-state index contributed by atoms with van der Waals surface area (Å²) in [5, 5.41) is 20.9. The molecule has 0 spiro atoms. The molecule has 1 heterocycles. The van der Waals surface area contributed by atoms with Gasteiger partial charge in [-0.3, -0.25) is 0 Å². The fraction of sp³-hybridized carbons (Fsp3) is 0.222. The fourth-order valence-electron chi connectivity index (χ4n) is 2.95. The third-order valence-electron chi connectivity index (χ3n) is 3.93. The van der Waals surface area contributed by atoms with Crippen molar-refractivity contribution in [2.45, 2.75) is 19.1 Å². The van der Waals surface area contributed by atoms with E-state index in [4.69, 9.17) is 0 Å². The molecule has 0 bridgehead atoms. The van der Waals surface area contributed by atoms with Gasteiger partial charge in [-0.15, -0.1) is 0 Å². The van der Waals surface area contributed by atoms with E-state index in [2.05, 4.69) is 23.6 Å². The normalized spacial score (nSPS) is 14.2. The van der Waals surface area contributed by atoms with Crippen LogP contribution in [0, 0.1) is 6.92 Å². The van der Waals surface area contributed by atoms with E-state index in [0.29, 0.717) is 0 Å². The summed E-state index contributed by atoms with van der Waals surface area (Å²) in [6, 6.07) is 17.7. The predicted molar refractivity (Wildman–Crippen MR) is 84.3 cm³/mol. The number of hydrogen-bond acceptors (Lipinski definition) is 2. The molecular formula is C18H19NO2. The third kappa shape index (κ3) is 2.46. The number of rotatable bonds is 4. The number of aliphatic hydroxyl groups is 2. The average Bonchev–Trinajstić information content (AvgIpc) is 2.94. The van der Waals surface area contributed by atoms with Gasteiger partial charge in [-0.25, -0.2) is 0 Å². The van der Waals surface area contributed by atoms with Crippen LogP contribution in [0.2, 0.25) is 0 Å². The second-order valence-corrected chi connectivity index (χ2v) is 5.34. The van der Waals surface area contributed by atoms with Crippen molar-refractivity contribution in [1.29, 1.82) is 0 Å². The van der Waals surface area contributed by atoms with E-state index < -0.39 is 6.10 Å². The van der Waals surface area contributed by atoms with E-state index in [0.717, 1.165) is 22.0 Å². The molecular weight excluding hydrogens is 262 g/mol. The molecule has 1 aromatic heterocycles. The van der Waals surface area contributed by atoms with Crippen LogP contribution in [-0.2, 0) is 0 Å². The minimum Gasteiger partial charge on any atom is -0.394 e. The molecule has 2 N–H and O–H groups in total. The van der Waals surface area contributed by atoms with Gasteiger partial charge in [0.25, 0.3) is 0 Å². The Morgan fingerprint density at radius 2 is 1.76 bits per heavy atom. The van der Waals surface area contributed by atoms with Gasteiger partial charge in [0.15, 0.2) is 0 Å². The maximum Gasteiger partial charge on any atom is 0.102 e. The van der Waals surface area contributed by atoms with E-state index in [1.54, 1.807) is 0 Å². The lowest BCUT2D eigenvalue weighted by atomic mass is 10.0. The highest BCUT2D eigenvalue weighted by atomic mass is 16.3. The van der Waals surface area contributed by atoms with Crippen LogP contribution in [0.25, 0.3) is 10.9 Å². The quantitative estimate of drug-likeness (QED) is 0.772. The lowest BCUT2D eigenvalue weighted by molar-refractivity contribution is 0.0653. The van der Waals surface area contributed by atoms with Crippen molar-refractivity contribution in [3.05, 3.63) is 71.9 Å². The van der Waals surface area contributed by atoms with Gasteiger partial charge in [-0.2, -0.15) is 0 Å². The van der Waals surface area contributed by atoms with Crippen molar-refractivity contribution >= 4 is 10.9 Å². The van der Waals surface area contributed by atoms with Crippen molar-refractivity contribution in [3.8, 4) is 0 Å². The van der Waals surface area contributed by atoms with E-state index in [1.165, 1.54) is 0 Å². The van der Waals surface area contributed by atoms with Gasteiger partial charge in [0, 0.05) is 6.20 Å². The molecule has 0 aliphatic heterocycles. The number of aryl methyl sites for hydroxylation is 1. The number of aromatic nitrogens is 1. The molecule has 0 amide bonds. The zero-order valence-electron chi connectivity index (χ0n) is 12.0. The maximum absolute atomic E-state index is 10.3. The zero-order chi connectivity index (χ0) is 14.8. The van der Waals surface area contributed by atoms with Crippen LogP contribution in [0.15, 0.2) is 60.8 Å². The lowest BCUT2D eigenvalue weighted by Gasteiger charge is -2.25. The van der Waals surface area contributed by atoms with Crippen molar-refractivity contribution < 1.29 is 10.2 Å². The molecule has 3 nitrogen and oxygen atoms in total. The predicted octanol–water partition coefficient (Wildman–Crippen LogP) is 2.89. The van der Waals surface area contributed by atoms with E-state index >= 15 is 0 Å². The largest absolute Gasteiger partial charge is 0.394 e. The SMILES string of the molecule is Cc1cccc2ccn([C@@H](c3ccccc3)[C@H](O)CO)c12. The number of benzene rings is 2. The first kappa shape index (κ1) is 13.9. The summed E-state index contributed by atoms with van der Waals surface area (Å²) in [6.45, 7) is 1.79. The van der Waals surface area contributed by atoms with Crippen LogP contribution in [0.4, 0.5) is 0 Å². The Labute approximate surface area is 124 Å². The van der Waals surface area contributed by atoms with Crippen LogP contribution in [0.3, 0.4) is 0 Å². The summed E-state index contributed by atoms with van der Waals surface area (Å²) < 4.78 is 2.06. The number of aliphatic hydroxyl groups excluding tert-OH is 2. The standard InChI is InChI=1S/C18H19NO2/c1-13-6-5-9-15-10-11-19(17(13)15)18(16(21)12-20)14-7-3-2-4-8-14/h2-11,16,18,20-21H,12H2,1H3/t16-,18+/m1/s1. The molecule has 3 rings (SSSR count). The van der Waals surface area contributed by atoms with Crippen LogP contribution in [-0.4, -0.2) is 27.5 Å². The molecule has 108 valence electrons. The molecule has 0 fully saturated rings. The highest BCUT2D eigenvalue weighted by molar-refractivity contribution is 5.83. The maximum atomic E-state index is 10.3. The summed E-state index contributed by atoms with van der Waals surface area (Å²) >= 11 is 0. The summed E-state index contributed by atoms with van der Waals surface area (Å²) in [4.78, 5) is 0. The average molecular weight is 281 g/mol. The Morgan fingerprint density at radius 3 is 2.48 bits per heavy atom. The first-order valence-corrected chi connectivity index (χ1v) is 7.12. The highest BCUT2D eigenvalue weighted by Crippen LogP contribution is 2.29. The zero-order valence-corrected chi connectivity index (χ0v) is 12.0. The topological polar surface area (TPSA) is 45.4 Å². The van der Waals surface area contributed by atoms with Gasteiger partial charge in [0.1, 0.15) is 6.10 Å². The number of para-hydroxylation sites is 1. The minimum absolute atomic E-state index is 0.273. The van der Waals surface area contributed by atoms with Crippen molar-refractivity contribution in [2.75, 3.05) is 6.61 Å². The van der Waals surface area contributed by atoms with Gasteiger partial charge in [0.2, 0.25) is 0 Å². The highest BCUT2D eigenvalue weighted by Gasteiger charge is 2.23. The Balaban J connectivity index is 2.20. The molecule has 2 atom stereocenters. The Morgan fingerprint density at radius 1 is 1.00 bits per heavy atom. The molecule has 0 radical (unpaired) electrons. The number of fused-ring (bicyclic) bond motifs is 1. The van der Waals surface area contributed by atoms with Crippen molar-refractivity contribution in [2.24, 2.45) is 0 Å². The van der Waals surface area contributed by atoms with Crippen LogP contribution >= 0.6 is 0 Å². The van der Waals surface area contributed by atoms with E-state index in [1.807, 2.05) is 48.7 Å². The lowest BCUT2D eigenvalue weighted by Crippen LogP contribution is -2.28. The molecule has 3 heteroatoms. The molecule has 0 unspecified atom stereocenters. The van der Waals surface area contributed by atoms with Gasteiger partial charge in [-0.05, 0) is 29.5 Å². The third-order valence-corrected chi connectivity index (χ3v) is 3.93. The van der Waals surface area contributed by atoms with E-state index in [9.17, 15) is 10.2 Å². The summed E-state index contributed by atoms with van der Waals surface area (Å²) in [7, 11) is 0. The molecule has 0 aliphatic rings. The molecule has 0 aliphatic carbocycles. The Hall–Kier alpha value is -2.10. The van der Waals surface area contributed by atoms with Crippen LogP contribution in [0.5, 0.6) is 0 Å². The monoisotopic (exact) mass is 281 g/mol. The number of nitrogens with zero attached hydrogens (tertiary/aromatic N) is 1. The summed E-state index contributed by atoms with van der Waals surface area (Å²) in [6.07, 6.45) is 1.14. The molecule has 0 saturated heterocycles. The molecule has 2 aromatic carbocycles. The second-order valence-electron chi connectivity index (χ2n) is 5.34. The fourth-order valence-corrected chi connectivity index (χ4v) is 2.95. The van der Waals surface area contributed by atoms with Crippen molar-refractivity contribution in [1.82, 2.24) is 4.57 Å². The van der Waals surface area contributed by atoms with Gasteiger partial charge in [0.05, 0.1) is 18.2 Å². The Kier molecular flexibility index (Phi) is 3.78. The second kappa shape index (κ2) is 5.72. The van der Waals surface area contributed by atoms with Crippen LogP contribution < -0.4 is 0 Å².